The van der Waals surface area contributed by atoms with Crippen molar-refractivity contribution in [3.05, 3.63) is 95.6 Å². The van der Waals surface area contributed by atoms with Crippen molar-refractivity contribution >= 4 is 23.2 Å². The Kier molecular flexibility index (Phi) is 6.34. The first-order valence-electron chi connectivity index (χ1n) is 9.18. The Morgan fingerprint density at radius 1 is 0.897 bits per heavy atom. The second-order valence-corrected chi connectivity index (χ2v) is 6.43. The van der Waals surface area contributed by atoms with Crippen LogP contribution in [0.1, 0.15) is 22.8 Å². The van der Waals surface area contributed by atoms with E-state index in [9.17, 15) is 18.4 Å². The molecule has 3 rings (SSSR count). The fourth-order valence-corrected chi connectivity index (χ4v) is 2.93. The summed E-state index contributed by atoms with van der Waals surface area (Å²) in [6, 6.07) is 19.2. The minimum absolute atomic E-state index is 0.0182. The lowest BCUT2D eigenvalue weighted by Gasteiger charge is -2.21. The van der Waals surface area contributed by atoms with Crippen LogP contribution in [-0.2, 0) is 11.2 Å². The van der Waals surface area contributed by atoms with Crippen molar-refractivity contribution < 1.29 is 18.4 Å². The standard InChI is InChI=1S/C23H20F2N2O2/c1-2-27(19-6-4-3-5-7-19)22(28)14-16-8-11-18(12-9-16)26-23(29)17-10-13-20(24)21(25)15-17/h3-13,15H,2,14H2,1H3,(H,26,29). The number of nitrogens with zero attached hydrogens (tertiary/aromatic N) is 1. The summed E-state index contributed by atoms with van der Waals surface area (Å²) in [4.78, 5) is 26.5. The fourth-order valence-electron chi connectivity index (χ4n) is 2.93. The van der Waals surface area contributed by atoms with Crippen LogP contribution in [0.15, 0.2) is 72.8 Å². The Morgan fingerprint density at radius 2 is 1.59 bits per heavy atom. The van der Waals surface area contributed by atoms with Crippen molar-refractivity contribution in [3.63, 3.8) is 0 Å². The number of anilines is 2. The van der Waals surface area contributed by atoms with Gasteiger partial charge in [0.25, 0.3) is 5.91 Å². The maximum absolute atomic E-state index is 13.3. The van der Waals surface area contributed by atoms with Gasteiger partial charge in [0.2, 0.25) is 5.91 Å². The molecule has 0 saturated heterocycles. The van der Waals surface area contributed by atoms with Gasteiger partial charge in [0.1, 0.15) is 0 Å². The molecule has 0 fully saturated rings. The second kappa shape index (κ2) is 9.10. The molecule has 29 heavy (non-hydrogen) atoms. The Bertz CT molecular complexity index is 1010. The number of hydrogen-bond donors (Lipinski definition) is 1. The normalized spacial score (nSPS) is 10.4. The third kappa shape index (κ3) is 5.04. The van der Waals surface area contributed by atoms with Gasteiger partial charge in [0.05, 0.1) is 6.42 Å². The maximum atomic E-state index is 13.3. The molecule has 0 spiro atoms. The molecule has 148 valence electrons. The summed E-state index contributed by atoms with van der Waals surface area (Å²) in [7, 11) is 0. The molecule has 2 amide bonds. The largest absolute Gasteiger partial charge is 0.322 e. The van der Waals surface area contributed by atoms with Crippen LogP contribution in [0.25, 0.3) is 0 Å². The third-order valence-corrected chi connectivity index (χ3v) is 4.43. The average Bonchev–Trinajstić information content (AvgIpc) is 2.73. The molecule has 0 atom stereocenters. The molecule has 4 nitrogen and oxygen atoms in total. The van der Waals surface area contributed by atoms with Crippen LogP contribution in [0.5, 0.6) is 0 Å². The highest BCUT2D eigenvalue weighted by Crippen LogP contribution is 2.17. The number of benzene rings is 3. The van der Waals surface area contributed by atoms with E-state index in [1.807, 2.05) is 37.3 Å². The highest BCUT2D eigenvalue weighted by atomic mass is 19.2. The summed E-state index contributed by atoms with van der Waals surface area (Å²) < 4.78 is 26.3. The number of nitrogens with one attached hydrogen (secondary N) is 1. The van der Waals surface area contributed by atoms with E-state index in [1.54, 1.807) is 29.2 Å². The zero-order chi connectivity index (χ0) is 20.8. The van der Waals surface area contributed by atoms with Crippen molar-refractivity contribution in [2.24, 2.45) is 0 Å². The number of hydrogen-bond acceptors (Lipinski definition) is 2. The Morgan fingerprint density at radius 3 is 2.21 bits per heavy atom. The molecule has 0 bridgehead atoms. The van der Waals surface area contributed by atoms with Crippen molar-refractivity contribution in [1.82, 2.24) is 0 Å². The van der Waals surface area contributed by atoms with Crippen molar-refractivity contribution in [3.8, 4) is 0 Å². The summed E-state index contributed by atoms with van der Waals surface area (Å²) in [6.45, 7) is 2.48. The first kappa shape index (κ1) is 20.2. The van der Waals surface area contributed by atoms with Gasteiger partial charge in [-0.15, -0.1) is 0 Å². The predicted molar refractivity (Wildman–Crippen MR) is 109 cm³/mol. The van der Waals surface area contributed by atoms with Gasteiger partial charge in [-0.1, -0.05) is 30.3 Å². The van der Waals surface area contributed by atoms with Gasteiger partial charge >= 0.3 is 0 Å². The van der Waals surface area contributed by atoms with Crippen molar-refractivity contribution in [2.45, 2.75) is 13.3 Å². The van der Waals surface area contributed by atoms with Gasteiger partial charge in [0, 0.05) is 23.5 Å². The van der Waals surface area contributed by atoms with Crippen LogP contribution in [0.2, 0.25) is 0 Å². The van der Waals surface area contributed by atoms with E-state index in [4.69, 9.17) is 0 Å². The number of carbonyl (C=O) groups excluding carboxylic acids is 2. The summed E-state index contributed by atoms with van der Waals surface area (Å²) >= 11 is 0. The molecule has 0 saturated carbocycles. The minimum Gasteiger partial charge on any atom is -0.322 e. The molecule has 1 N–H and O–H groups in total. The second-order valence-electron chi connectivity index (χ2n) is 6.43. The Labute approximate surface area is 167 Å². The van der Waals surface area contributed by atoms with Gasteiger partial charge in [-0.3, -0.25) is 9.59 Å². The Hall–Kier alpha value is -3.54. The fraction of sp³-hybridized carbons (Fsp3) is 0.130. The van der Waals surface area contributed by atoms with Crippen LogP contribution >= 0.6 is 0 Å². The molecular formula is C23H20F2N2O2. The van der Waals surface area contributed by atoms with Gasteiger partial charge in [0.15, 0.2) is 11.6 Å². The summed E-state index contributed by atoms with van der Waals surface area (Å²) in [5.74, 6) is -2.66. The van der Waals surface area contributed by atoms with E-state index >= 15 is 0 Å². The summed E-state index contributed by atoms with van der Waals surface area (Å²) in [6.07, 6.45) is 0.222. The SMILES string of the molecule is CCN(C(=O)Cc1ccc(NC(=O)c2ccc(F)c(F)c2)cc1)c1ccccc1. The number of halogens is 2. The molecule has 0 radical (unpaired) electrons. The van der Waals surface area contributed by atoms with Gasteiger partial charge in [-0.2, -0.15) is 0 Å². The van der Waals surface area contributed by atoms with E-state index in [-0.39, 0.29) is 17.9 Å². The molecule has 6 heteroatoms. The highest BCUT2D eigenvalue weighted by molar-refractivity contribution is 6.04. The predicted octanol–water partition coefficient (Wildman–Crippen LogP) is 4.81. The smallest absolute Gasteiger partial charge is 0.255 e. The molecular weight excluding hydrogens is 374 g/mol. The van der Waals surface area contributed by atoms with Gasteiger partial charge in [-0.25, -0.2) is 8.78 Å². The van der Waals surface area contributed by atoms with Crippen LogP contribution in [0, 0.1) is 11.6 Å². The topological polar surface area (TPSA) is 49.4 Å². The molecule has 0 aliphatic heterocycles. The van der Waals surface area contributed by atoms with Gasteiger partial charge in [-0.05, 0) is 55.0 Å². The van der Waals surface area contributed by atoms with E-state index < -0.39 is 17.5 Å². The lowest BCUT2D eigenvalue weighted by Crippen LogP contribution is -2.31. The van der Waals surface area contributed by atoms with E-state index in [2.05, 4.69) is 5.32 Å². The molecule has 0 aliphatic rings. The quantitative estimate of drug-likeness (QED) is 0.652. The molecule has 3 aromatic rings. The summed E-state index contributed by atoms with van der Waals surface area (Å²) in [5, 5.41) is 2.62. The zero-order valence-electron chi connectivity index (χ0n) is 15.9. The lowest BCUT2D eigenvalue weighted by molar-refractivity contribution is -0.117. The number of amides is 2. The number of carbonyl (C=O) groups is 2. The van der Waals surface area contributed by atoms with E-state index in [0.29, 0.717) is 12.2 Å². The number of likely N-dealkylation sites (N-methyl/N-ethyl adjacent to an activating group) is 1. The first-order chi connectivity index (χ1) is 14.0. The van der Waals surface area contributed by atoms with Gasteiger partial charge < -0.3 is 10.2 Å². The van der Waals surface area contributed by atoms with Crippen LogP contribution in [-0.4, -0.2) is 18.4 Å². The molecule has 0 unspecified atom stereocenters. The molecule has 3 aromatic carbocycles. The number of para-hydroxylation sites is 1. The average molecular weight is 394 g/mol. The molecule has 0 aliphatic carbocycles. The van der Waals surface area contributed by atoms with Crippen LogP contribution < -0.4 is 10.2 Å². The minimum atomic E-state index is -1.08. The number of rotatable bonds is 6. The maximum Gasteiger partial charge on any atom is 0.255 e. The van der Waals surface area contributed by atoms with Crippen LogP contribution in [0.4, 0.5) is 20.2 Å². The van der Waals surface area contributed by atoms with Crippen LogP contribution in [0.3, 0.4) is 0 Å². The van der Waals surface area contributed by atoms with E-state index in [1.165, 1.54) is 6.07 Å². The monoisotopic (exact) mass is 394 g/mol. The Balaban J connectivity index is 1.64. The lowest BCUT2D eigenvalue weighted by atomic mass is 10.1. The van der Waals surface area contributed by atoms with E-state index in [0.717, 1.165) is 23.4 Å². The molecule has 0 aromatic heterocycles. The highest BCUT2D eigenvalue weighted by Gasteiger charge is 2.14. The third-order valence-electron chi connectivity index (χ3n) is 4.43. The molecule has 0 heterocycles. The van der Waals surface area contributed by atoms with Crippen molar-refractivity contribution in [2.75, 3.05) is 16.8 Å². The first-order valence-corrected chi connectivity index (χ1v) is 9.18. The zero-order valence-corrected chi connectivity index (χ0v) is 15.9. The summed E-state index contributed by atoms with van der Waals surface area (Å²) in [5.41, 5.74) is 2.15. The van der Waals surface area contributed by atoms with Crippen molar-refractivity contribution in [1.29, 1.82) is 0 Å².